The molecular formula is C58H101Cl3F3N7O20SSi. The number of carbonyl (C=O) groups excluding carboxylic acids is 4. The molecule has 6 rings (SSSR count). The predicted molar refractivity (Wildman–Crippen MR) is 335 cm³/mol. The smallest absolute Gasteiger partial charge is 0.448 e. The summed E-state index contributed by atoms with van der Waals surface area (Å²) in [5.41, 5.74) is 11.2. The molecule has 6 saturated heterocycles. The Morgan fingerprint density at radius 3 is 1.30 bits per heavy atom. The van der Waals surface area contributed by atoms with Crippen molar-refractivity contribution >= 4 is 71.4 Å². The van der Waals surface area contributed by atoms with E-state index in [9.17, 15) is 26.7 Å². The van der Waals surface area contributed by atoms with Crippen molar-refractivity contribution in [1.82, 2.24) is 0 Å². The van der Waals surface area contributed by atoms with E-state index in [4.69, 9.17) is 127 Å². The van der Waals surface area contributed by atoms with Crippen molar-refractivity contribution in [3.8, 4) is 0 Å². The Bertz CT molecular complexity index is 2490. The fourth-order valence-electron chi connectivity index (χ4n) is 10.8. The molecule has 0 aromatic heterocycles. The highest BCUT2D eigenvalue weighted by molar-refractivity contribution is 7.88. The third-order valence-electron chi connectivity index (χ3n) is 18.1. The zero-order chi connectivity index (χ0) is 71.7. The summed E-state index contributed by atoms with van der Waals surface area (Å²) in [6.07, 6.45) is -2.52. The summed E-state index contributed by atoms with van der Waals surface area (Å²) in [5.74, 6) is 3.19. The number of aliphatic hydroxyl groups is 1. The van der Waals surface area contributed by atoms with Crippen LogP contribution in [0, 0.1) is 88.3 Å². The molecule has 0 amide bonds. The van der Waals surface area contributed by atoms with Gasteiger partial charge in [-0.05, 0) is 80.1 Å². The Labute approximate surface area is 561 Å². The van der Waals surface area contributed by atoms with Gasteiger partial charge in [0.05, 0.1) is 76.3 Å². The summed E-state index contributed by atoms with van der Waals surface area (Å²) >= 11 is 17.2. The van der Waals surface area contributed by atoms with Crippen LogP contribution >= 0.6 is 34.8 Å². The molecule has 6 heterocycles. The second-order valence-corrected chi connectivity index (χ2v) is 34.3. The van der Waals surface area contributed by atoms with Crippen LogP contribution in [0.4, 0.5) is 13.2 Å². The topological polar surface area (TPSA) is 364 Å². The Balaban J connectivity index is 0.000000644. The molecule has 93 heavy (non-hydrogen) atoms. The van der Waals surface area contributed by atoms with Crippen molar-refractivity contribution in [2.45, 2.75) is 214 Å². The van der Waals surface area contributed by atoms with Gasteiger partial charge in [-0.25, -0.2) is 0 Å². The Kier molecular flexibility index (Phi) is 39.4. The first-order valence-corrected chi connectivity index (χ1v) is 37.0. The van der Waals surface area contributed by atoms with Gasteiger partial charge >= 0.3 is 27.9 Å². The van der Waals surface area contributed by atoms with Gasteiger partial charge in [-0.3, -0.25) is 5.41 Å². The quantitative estimate of drug-likeness (QED) is 0.0157. The second kappa shape index (κ2) is 41.5. The van der Waals surface area contributed by atoms with Gasteiger partial charge < -0.3 is 65.8 Å². The van der Waals surface area contributed by atoms with E-state index in [0.717, 1.165) is 6.61 Å². The lowest BCUT2D eigenvalue weighted by atomic mass is 9.82. The van der Waals surface area contributed by atoms with Crippen LogP contribution in [-0.2, 0) is 90.0 Å². The molecule has 0 bridgehead atoms. The monoisotopic (exact) mass is 1440 g/mol. The van der Waals surface area contributed by atoms with E-state index in [1.54, 1.807) is 0 Å². The van der Waals surface area contributed by atoms with E-state index in [1.807, 2.05) is 27.7 Å². The third kappa shape index (κ3) is 28.5. The van der Waals surface area contributed by atoms with Gasteiger partial charge in [-0.1, -0.05) is 142 Å². The van der Waals surface area contributed by atoms with Crippen molar-refractivity contribution in [3.63, 3.8) is 0 Å². The van der Waals surface area contributed by atoms with E-state index in [2.05, 4.69) is 107 Å². The number of ether oxygens (including phenoxy) is 12. The number of nitrogens with zero attached hydrogens (tertiary/aromatic N) is 6. The van der Waals surface area contributed by atoms with Crippen molar-refractivity contribution in [2.75, 3.05) is 52.7 Å². The second-order valence-electron chi connectivity index (χ2n) is 25.8. The van der Waals surface area contributed by atoms with Gasteiger partial charge in [-0.15, -0.1) is 0 Å². The molecule has 0 aromatic carbocycles. The maximum Gasteiger partial charge on any atom is 0.522 e. The van der Waals surface area contributed by atoms with E-state index in [1.165, 1.54) is 19.6 Å². The van der Waals surface area contributed by atoms with Crippen LogP contribution in [0.2, 0.25) is 19.6 Å². The maximum absolute atomic E-state index is 11.7. The Morgan fingerprint density at radius 1 is 0.559 bits per heavy atom. The lowest BCUT2D eigenvalue weighted by molar-refractivity contribution is -0.331. The van der Waals surface area contributed by atoms with E-state index < -0.39 is 46.0 Å². The van der Waals surface area contributed by atoms with Crippen LogP contribution in [-0.4, -0.2) is 176 Å². The van der Waals surface area contributed by atoms with Crippen molar-refractivity contribution < 1.29 is 107 Å². The standard InChI is InChI=1S/C25H45N3O6.C18H30Cl3NO4.C9H17N3O3.C4H9F3O3SSi.2CO2/c1-13-11-30-24(16(4)14(13)2)34-22-18(6)20(8)32-25(19(22)7)33-21-12-31-23(17(5)15(21)3)29-10-9-27-28-26;1-8-7-23-15(10(3)9(8)2)25-14-11(4)13(6)24-16(12(14)5)26-17(22)18(19,20)21;1-6-7(2)9(15-5-8(6)13)14-4-3-11-12-10;1-12(2,3)10-11(8,9)4(5,6)7;2*2-1-3/h13-25H,9-12H2,1-8H3;8-16,22H,7H2,1-6H3;6-9,13H,3-5H2,1-2H3;1-3H3;;/t13-,14+,15-,16?,17?,18-,19?,20?,21-,22+,23-,24-,25+;8-,9+,10?,11-,12?,13?,14+,15-,16-;6-,7?,8-,9-;;;/m111.../s1. The van der Waals surface area contributed by atoms with E-state index >= 15 is 0 Å². The number of aliphatic hydroxyl groups excluding tert-OH is 1. The fourth-order valence-corrected chi connectivity index (χ4v) is 13.9. The highest BCUT2D eigenvalue weighted by atomic mass is 35.6. The number of hydrogen-bond acceptors (Lipinski definition) is 23. The highest BCUT2D eigenvalue weighted by Crippen LogP contribution is 2.42. The third-order valence-corrected chi connectivity index (χ3v) is 22.1. The first-order valence-electron chi connectivity index (χ1n) is 31.0. The van der Waals surface area contributed by atoms with Crippen LogP contribution in [0.25, 0.3) is 20.9 Å². The van der Waals surface area contributed by atoms with Gasteiger partial charge in [0.2, 0.25) is 20.5 Å². The normalized spacial score (nSPS) is 37.8. The average Bonchev–Trinajstić information content (AvgIpc) is 0.818. The molecule has 0 aliphatic carbocycles. The number of halogens is 6. The van der Waals surface area contributed by atoms with Crippen LogP contribution in [0.5, 0.6) is 0 Å². The zero-order valence-electron chi connectivity index (χ0n) is 56.7. The van der Waals surface area contributed by atoms with E-state index in [-0.39, 0.29) is 128 Å². The predicted octanol–water partition coefficient (Wildman–Crippen LogP) is 11.8. The minimum atomic E-state index is -5.39. The molecule has 6 fully saturated rings. The van der Waals surface area contributed by atoms with Crippen LogP contribution in [0.1, 0.15) is 111 Å². The lowest BCUT2D eigenvalue weighted by Gasteiger charge is -2.48. The molecular weight excluding hydrogens is 1340 g/mol. The Morgan fingerprint density at radius 2 is 0.925 bits per heavy atom. The fraction of sp³-hybridized carbons (Fsp3) is 0.948. The number of nitrogens with one attached hydrogen (secondary N) is 1. The molecule has 6 aliphatic rings. The molecule has 8 unspecified atom stereocenters. The first kappa shape index (κ1) is 88.2. The summed E-state index contributed by atoms with van der Waals surface area (Å²) in [6.45, 7) is 41.5. The summed E-state index contributed by atoms with van der Waals surface area (Å²) in [6, 6.07) is 0. The lowest BCUT2D eigenvalue weighted by Crippen LogP contribution is -2.55. The van der Waals surface area contributed by atoms with Crippen molar-refractivity contribution in [2.24, 2.45) is 93.1 Å². The molecule has 0 saturated carbocycles. The molecule has 0 spiro atoms. The largest absolute Gasteiger partial charge is 0.522 e. The minimum Gasteiger partial charge on any atom is -0.448 e. The molecule has 540 valence electrons. The van der Waals surface area contributed by atoms with E-state index in [0.29, 0.717) is 75.7 Å². The maximum atomic E-state index is 11.7. The number of rotatable bonds is 17. The summed E-state index contributed by atoms with van der Waals surface area (Å²) in [5, 5.41) is 24.2. The van der Waals surface area contributed by atoms with Gasteiger partial charge in [0.15, 0.2) is 31.5 Å². The number of hydrogen-bond donors (Lipinski definition) is 2. The molecule has 35 heteroatoms. The molecule has 27 nitrogen and oxygen atoms in total. The molecule has 26 atom stereocenters. The summed E-state index contributed by atoms with van der Waals surface area (Å²) < 4.78 is 130. The van der Waals surface area contributed by atoms with Gasteiger partial charge in [0.25, 0.3) is 3.79 Å². The van der Waals surface area contributed by atoms with Crippen LogP contribution in [0.3, 0.4) is 0 Å². The first-order chi connectivity index (χ1) is 43.0. The van der Waals surface area contributed by atoms with Gasteiger partial charge in [0.1, 0.15) is 0 Å². The number of azide groups is 2. The van der Waals surface area contributed by atoms with Crippen molar-refractivity contribution in [3.05, 3.63) is 20.9 Å². The molecule has 0 radical (unpaired) electrons. The zero-order valence-corrected chi connectivity index (χ0v) is 60.8. The van der Waals surface area contributed by atoms with Gasteiger partial charge in [-0.2, -0.15) is 40.8 Å². The van der Waals surface area contributed by atoms with Gasteiger partial charge in [0, 0.05) is 70.3 Å². The molecule has 2 N–H and O–H groups in total. The van der Waals surface area contributed by atoms with Crippen LogP contribution in [0.15, 0.2) is 10.2 Å². The SMILES string of the molecule is CC1[C@@H](O[C@@H]2C(C)[C@@H](OC(=N)C(Cl)(Cl)Cl)OC(C)[C@H]2C)OC[C@@H](C)[C@@H]1C.CC1[C@@H](O[C@@H]2C(C)[C@H](O[C@@H]3CO[C@@H](OCCN=[N+]=[N-])C(C)[C@H]3C)OC(C)[C@H]2C)OC[C@@H](C)[C@@H]1C.CC1[C@H](OCCN=[N+]=[N-])OC[C@@H](O)[C@@H]1C.C[Si](C)(C)OS(=O)(=O)C(F)(F)F.O=C=O.O=C=O. The van der Waals surface area contributed by atoms with Crippen LogP contribution < -0.4 is 0 Å². The number of alkyl halides is 6. The molecule has 0 aromatic rings. The minimum absolute atomic E-state index is 0.00968. The Hall–Kier alpha value is -2.84. The summed E-state index contributed by atoms with van der Waals surface area (Å²) in [7, 11) is -8.10. The van der Waals surface area contributed by atoms with Crippen molar-refractivity contribution in [1.29, 1.82) is 5.41 Å². The molecule has 6 aliphatic heterocycles. The average molecular weight is 1440 g/mol. The summed E-state index contributed by atoms with van der Waals surface area (Å²) in [4.78, 5) is 37.9. The highest BCUT2D eigenvalue weighted by Gasteiger charge is 2.51.